The van der Waals surface area contributed by atoms with Gasteiger partial charge < -0.3 is 10.3 Å². The van der Waals surface area contributed by atoms with E-state index in [0.29, 0.717) is 22.9 Å². The van der Waals surface area contributed by atoms with Crippen molar-refractivity contribution in [2.45, 2.75) is 11.4 Å². The van der Waals surface area contributed by atoms with Gasteiger partial charge in [0.05, 0.1) is 0 Å². The van der Waals surface area contributed by atoms with Crippen LogP contribution in [0.3, 0.4) is 0 Å². The topological polar surface area (TPSA) is 48.0 Å². The third kappa shape index (κ3) is 3.57. The van der Waals surface area contributed by atoms with Crippen molar-refractivity contribution in [2.24, 2.45) is 0 Å². The molecule has 6 heteroatoms. The lowest BCUT2D eigenvalue weighted by Crippen LogP contribution is -2.19. The summed E-state index contributed by atoms with van der Waals surface area (Å²) in [6.07, 6.45) is 1.56. The molecule has 100 valence electrons. The lowest BCUT2D eigenvalue weighted by Gasteiger charge is -2.06. The summed E-state index contributed by atoms with van der Waals surface area (Å²) in [5.74, 6) is -1.17. The summed E-state index contributed by atoms with van der Waals surface area (Å²) in [6, 6.07) is 6.68. The number of aromatic nitrogens is 1. The Labute approximate surface area is 113 Å². The minimum Gasteiger partial charge on any atom is -0.398 e. The van der Waals surface area contributed by atoms with E-state index in [0.717, 1.165) is 12.1 Å². The fourth-order valence-corrected chi connectivity index (χ4v) is 2.43. The molecule has 0 spiro atoms. The van der Waals surface area contributed by atoms with Gasteiger partial charge in [-0.25, -0.2) is 8.78 Å². The first kappa shape index (κ1) is 13.6. The molecule has 2 rings (SSSR count). The zero-order valence-electron chi connectivity index (χ0n) is 9.98. The summed E-state index contributed by atoms with van der Waals surface area (Å²) < 4.78 is 27.2. The molecule has 0 saturated heterocycles. The summed E-state index contributed by atoms with van der Waals surface area (Å²) in [4.78, 5) is 12.1. The van der Waals surface area contributed by atoms with Crippen LogP contribution in [0, 0.1) is 11.6 Å². The van der Waals surface area contributed by atoms with Crippen LogP contribution in [-0.4, -0.2) is 10.3 Å². The van der Waals surface area contributed by atoms with E-state index in [1.165, 1.54) is 28.5 Å². The Morgan fingerprint density at radius 2 is 1.95 bits per heavy atom. The van der Waals surface area contributed by atoms with Gasteiger partial charge in [0.25, 0.3) is 5.56 Å². The number of rotatable bonds is 4. The summed E-state index contributed by atoms with van der Waals surface area (Å²) in [5, 5.41) is 0. The zero-order valence-corrected chi connectivity index (χ0v) is 10.8. The number of pyridine rings is 1. The van der Waals surface area contributed by atoms with Crippen molar-refractivity contribution in [3.05, 3.63) is 58.5 Å². The number of halogens is 2. The third-order valence-corrected chi connectivity index (χ3v) is 3.47. The standard InChI is InChI=1S/C13H12F2N2OS/c14-11-3-2-10(7-12(11)15)19-6-5-17-8-9(16)1-4-13(17)18/h1-4,7-8H,5-6,16H2. The average molecular weight is 282 g/mol. The van der Waals surface area contributed by atoms with Gasteiger partial charge in [-0.3, -0.25) is 4.79 Å². The van der Waals surface area contributed by atoms with Crippen molar-refractivity contribution in [1.29, 1.82) is 0 Å². The lowest BCUT2D eigenvalue weighted by atomic mass is 10.3. The number of aryl methyl sites for hydroxylation is 1. The molecule has 2 aromatic rings. The third-order valence-electron chi connectivity index (χ3n) is 2.50. The van der Waals surface area contributed by atoms with Gasteiger partial charge in [-0.2, -0.15) is 0 Å². The second kappa shape index (κ2) is 5.88. The number of nitrogen functional groups attached to an aromatic ring is 1. The molecule has 0 atom stereocenters. The Hall–Kier alpha value is -1.82. The van der Waals surface area contributed by atoms with E-state index in [2.05, 4.69) is 0 Å². The minimum absolute atomic E-state index is 0.139. The molecule has 2 N–H and O–H groups in total. The Balaban J connectivity index is 1.98. The second-order valence-electron chi connectivity index (χ2n) is 3.92. The summed E-state index contributed by atoms with van der Waals surface area (Å²) >= 11 is 1.35. The van der Waals surface area contributed by atoms with Crippen molar-refractivity contribution < 1.29 is 8.78 Å². The summed E-state index contributed by atoms with van der Waals surface area (Å²) in [5.41, 5.74) is 5.96. The maximum atomic E-state index is 13.0. The first-order chi connectivity index (χ1) is 9.06. The van der Waals surface area contributed by atoms with Crippen LogP contribution in [0.5, 0.6) is 0 Å². The first-order valence-electron chi connectivity index (χ1n) is 5.60. The Morgan fingerprint density at radius 3 is 2.68 bits per heavy atom. The summed E-state index contributed by atoms with van der Waals surface area (Å²) in [7, 11) is 0. The number of benzene rings is 1. The number of hydrogen-bond acceptors (Lipinski definition) is 3. The van der Waals surface area contributed by atoms with Gasteiger partial charge in [0, 0.05) is 35.1 Å². The van der Waals surface area contributed by atoms with Crippen LogP contribution in [-0.2, 0) is 6.54 Å². The molecule has 3 nitrogen and oxygen atoms in total. The van der Waals surface area contributed by atoms with Crippen molar-refractivity contribution in [2.75, 3.05) is 11.5 Å². The molecule has 0 unspecified atom stereocenters. The van der Waals surface area contributed by atoms with E-state index in [-0.39, 0.29) is 5.56 Å². The van der Waals surface area contributed by atoms with E-state index in [1.807, 2.05) is 0 Å². The number of thioether (sulfide) groups is 1. The molecule has 0 aliphatic heterocycles. The van der Waals surface area contributed by atoms with Gasteiger partial charge in [0.2, 0.25) is 0 Å². The zero-order chi connectivity index (χ0) is 13.8. The van der Waals surface area contributed by atoms with E-state index in [1.54, 1.807) is 12.3 Å². The van der Waals surface area contributed by atoms with Crippen LogP contribution in [0.4, 0.5) is 14.5 Å². The fraction of sp³-hybridized carbons (Fsp3) is 0.154. The molecular formula is C13H12F2N2OS. The molecule has 0 aliphatic carbocycles. The Morgan fingerprint density at radius 1 is 1.16 bits per heavy atom. The quantitative estimate of drug-likeness (QED) is 0.877. The predicted molar refractivity (Wildman–Crippen MR) is 72.2 cm³/mol. The molecule has 0 saturated carbocycles. The minimum atomic E-state index is -0.869. The molecular weight excluding hydrogens is 270 g/mol. The summed E-state index contributed by atoms with van der Waals surface area (Å²) in [6.45, 7) is 0.452. The normalized spacial score (nSPS) is 10.6. The fourth-order valence-electron chi connectivity index (χ4n) is 1.55. The van der Waals surface area contributed by atoms with Gasteiger partial charge in [0.15, 0.2) is 11.6 Å². The van der Waals surface area contributed by atoms with Crippen LogP contribution in [0.15, 0.2) is 46.2 Å². The monoisotopic (exact) mass is 282 g/mol. The highest BCUT2D eigenvalue weighted by Gasteiger charge is 2.03. The molecule has 19 heavy (non-hydrogen) atoms. The van der Waals surface area contributed by atoms with Crippen molar-refractivity contribution in [3.63, 3.8) is 0 Å². The number of nitrogens with two attached hydrogens (primary N) is 1. The van der Waals surface area contributed by atoms with E-state index >= 15 is 0 Å². The van der Waals surface area contributed by atoms with Crippen molar-refractivity contribution in [1.82, 2.24) is 4.57 Å². The van der Waals surface area contributed by atoms with Gasteiger partial charge in [-0.1, -0.05) is 0 Å². The predicted octanol–water partition coefficient (Wildman–Crippen LogP) is 2.50. The SMILES string of the molecule is Nc1ccc(=O)n(CCSc2ccc(F)c(F)c2)c1. The van der Waals surface area contributed by atoms with Crippen LogP contribution in [0.1, 0.15) is 0 Å². The van der Waals surface area contributed by atoms with Crippen molar-refractivity contribution >= 4 is 17.4 Å². The van der Waals surface area contributed by atoms with E-state index in [4.69, 9.17) is 5.73 Å². The highest BCUT2D eigenvalue weighted by Crippen LogP contribution is 2.20. The molecule has 1 heterocycles. The van der Waals surface area contributed by atoms with E-state index < -0.39 is 11.6 Å². The highest BCUT2D eigenvalue weighted by atomic mass is 32.2. The number of hydrogen-bond donors (Lipinski definition) is 1. The van der Waals surface area contributed by atoms with Crippen molar-refractivity contribution in [3.8, 4) is 0 Å². The largest absolute Gasteiger partial charge is 0.398 e. The number of nitrogens with zero attached hydrogens (tertiary/aromatic N) is 1. The molecule has 0 bridgehead atoms. The first-order valence-corrected chi connectivity index (χ1v) is 6.58. The molecule has 1 aromatic heterocycles. The van der Waals surface area contributed by atoms with Crippen LogP contribution < -0.4 is 11.3 Å². The Bertz CT molecular complexity index is 643. The van der Waals surface area contributed by atoms with Crippen LogP contribution >= 0.6 is 11.8 Å². The molecule has 0 aliphatic rings. The number of anilines is 1. The smallest absolute Gasteiger partial charge is 0.250 e. The molecule has 0 radical (unpaired) electrons. The van der Waals surface area contributed by atoms with Crippen LogP contribution in [0.2, 0.25) is 0 Å². The average Bonchev–Trinajstić information content (AvgIpc) is 2.38. The molecule has 0 amide bonds. The van der Waals surface area contributed by atoms with Crippen LogP contribution in [0.25, 0.3) is 0 Å². The molecule has 1 aromatic carbocycles. The van der Waals surface area contributed by atoms with E-state index in [9.17, 15) is 13.6 Å². The second-order valence-corrected chi connectivity index (χ2v) is 5.09. The lowest BCUT2D eigenvalue weighted by molar-refractivity contribution is 0.506. The Kier molecular flexibility index (Phi) is 4.21. The highest BCUT2D eigenvalue weighted by molar-refractivity contribution is 7.99. The van der Waals surface area contributed by atoms with Gasteiger partial charge in [-0.15, -0.1) is 11.8 Å². The maximum Gasteiger partial charge on any atom is 0.250 e. The van der Waals surface area contributed by atoms with Gasteiger partial charge in [-0.05, 0) is 24.3 Å². The van der Waals surface area contributed by atoms with Gasteiger partial charge in [0.1, 0.15) is 0 Å². The van der Waals surface area contributed by atoms with Gasteiger partial charge >= 0.3 is 0 Å². The molecule has 0 fully saturated rings. The maximum absolute atomic E-state index is 13.0.